The highest BCUT2D eigenvalue weighted by Crippen LogP contribution is 2.19. The van der Waals surface area contributed by atoms with Gasteiger partial charge in [0.1, 0.15) is 0 Å². The van der Waals surface area contributed by atoms with E-state index in [0.717, 1.165) is 16.3 Å². The van der Waals surface area contributed by atoms with Crippen LogP contribution < -0.4 is 10.0 Å². The predicted molar refractivity (Wildman–Crippen MR) is 107 cm³/mol. The van der Waals surface area contributed by atoms with E-state index in [2.05, 4.69) is 10.0 Å². The highest BCUT2D eigenvalue weighted by molar-refractivity contribution is 7.89. The zero-order valence-corrected chi connectivity index (χ0v) is 16.2. The second kappa shape index (κ2) is 8.08. The summed E-state index contributed by atoms with van der Waals surface area (Å²) in [6, 6.07) is 18.5. The Morgan fingerprint density at radius 2 is 1.67 bits per heavy atom. The van der Waals surface area contributed by atoms with E-state index in [4.69, 9.17) is 11.6 Å². The Morgan fingerprint density at radius 3 is 2.37 bits per heavy atom. The van der Waals surface area contributed by atoms with Crippen LogP contribution in [0.2, 0.25) is 5.02 Å². The molecule has 3 rings (SSSR count). The Hall–Kier alpha value is -2.41. The molecule has 0 aromatic heterocycles. The molecule has 3 aromatic rings. The van der Waals surface area contributed by atoms with Crippen molar-refractivity contribution < 1.29 is 13.2 Å². The average molecular weight is 403 g/mol. The van der Waals surface area contributed by atoms with Gasteiger partial charge in [0.25, 0.3) is 0 Å². The molecule has 0 bridgehead atoms. The molecule has 0 heterocycles. The predicted octanol–water partition coefficient (Wildman–Crippen LogP) is 3.48. The van der Waals surface area contributed by atoms with Crippen LogP contribution >= 0.6 is 11.6 Å². The van der Waals surface area contributed by atoms with Crippen molar-refractivity contribution >= 4 is 38.3 Å². The van der Waals surface area contributed by atoms with E-state index in [-0.39, 0.29) is 11.4 Å². The van der Waals surface area contributed by atoms with Gasteiger partial charge in [-0.3, -0.25) is 4.79 Å². The van der Waals surface area contributed by atoms with Gasteiger partial charge in [0.2, 0.25) is 15.9 Å². The summed E-state index contributed by atoms with van der Waals surface area (Å²) in [5, 5.41) is 5.09. The van der Waals surface area contributed by atoms with Gasteiger partial charge in [-0.15, -0.1) is 0 Å². The van der Waals surface area contributed by atoms with Crippen LogP contribution in [0, 0.1) is 0 Å². The fourth-order valence-corrected chi connectivity index (χ4v) is 4.00. The number of nitrogens with one attached hydrogen (secondary N) is 2. The summed E-state index contributed by atoms with van der Waals surface area (Å²) in [6.07, 6.45) is 0. The van der Waals surface area contributed by atoms with Crippen LogP contribution in [0.1, 0.15) is 12.5 Å². The standard InChI is InChI=1S/C20H19ClN2O3S/c1-14(20(24)22-13-15-6-9-18(21)10-7-15)23-27(25,26)19-11-8-16-4-2-3-5-17(16)12-19/h2-12,14,23H,13H2,1H3,(H,22,24)/t14-/m0/s1. The normalized spacial score (nSPS) is 12.7. The number of halogens is 1. The van der Waals surface area contributed by atoms with Crippen LogP contribution in [0.15, 0.2) is 71.6 Å². The smallest absolute Gasteiger partial charge is 0.241 e. The molecule has 0 unspecified atom stereocenters. The van der Waals surface area contributed by atoms with Crippen molar-refractivity contribution in [1.29, 1.82) is 0 Å². The fourth-order valence-electron chi connectivity index (χ4n) is 2.63. The highest BCUT2D eigenvalue weighted by atomic mass is 35.5. The zero-order valence-electron chi connectivity index (χ0n) is 14.6. The molecule has 140 valence electrons. The van der Waals surface area contributed by atoms with Crippen LogP contribution in [-0.2, 0) is 21.4 Å². The molecule has 0 fully saturated rings. The second-order valence-electron chi connectivity index (χ2n) is 6.20. The number of carbonyl (C=O) groups is 1. The van der Waals surface area contributed by atoms with Crippen LogP contribution in [0.3, 0.4) is 0 Å². The van der Waals surface area contributed by atoms with Gasteiger partial charge in [-0.2, -0.15) is 4.72 Å². The molecule has 2 N–H and O–H groups in total. The lowest BCUT2D eigenvalue weighted by molar-refractivity contribution is -0.122. The van der Waals surface area contributed by atoms with Gasteiger partial charge < -0.3 is 5.32 Å². The van der Waals surface area contributed by atoms with Crippen molar-refractivity contribution in [3.8, 4) is 0 Å². The summed E-state index contributed by atoms with van der Waals surface area (Å²) < 4.78 is 27.6. The molecular formula is C20H19ClN2O3S. The monoisotopic (exact) mass is 402 g/mol. The first-order chi connectivity index (χ1) is 12.8. The lowest BCUT2D eigenvalue weighted by Crippen LogP contribution is -2.44. The van der Waals surface area contributed by atoms with Crippen molar-refractivity contribution in [2.45, 2.75) is 24.4 Å². The molecule has 5 nitrogen and oxygen atoms in total. The molecule has 0 spiro atoms. The summed E-state index contributed by atoms with van der Waals surface area (Å²) in [7, 11) is -3.81. The fraction of sp³-hybridized carbons (Fsp3) is 0.150. The van der Waals surface area contributed by atoms with Crippen LogP contribution in [0.5, 0.6) is 0 Å². The Balaban J connectivity index is 1.66. The molecule has 1 amide bonds. The van der Waals surface area contributed by atoms with Crippen molar-refractivity contribution in [2.75, 3.05) is 0 Å². The zero-order chi connectivity index (χ0) is 19.4. The van der Waals surface area contributed by atoms with Crippen molar-refractivity contribution in [3.63, 3.8) is 0 Å². The number of hydrogen-bond donors (Lipinski definition) is 2. The maximum Gasteiger partial charge on any atom is 0.241 e. The third kappa shape index (κ3) is 4.86. The van der Waals surface area contributed by atoms with E-state index in [1.165, 1.54) is 13.0 Å². The molecule has 3 aromatic carbocycles. The average Bonchev–Trinajstić information content (AvgIpc) is 2.66. The Bertz CT molecular complexity index is 1070. The third-order valence-corrected chi connectivity index (χ3v) is 5.93. The molecule has 0 aliphatic rings. The Labute approximate surface area is 163 Å². The molecular weight excluding hydrogens is 384 g/mol. The molecule has 0 aliphatic heterocycles. The summed E-state index contributed by atoms with van der Waals surface area (Å²) >= 11 is 5.83. The number of carbonyl (C=O) groups excluding carboxylic acids is 1. The second-order valence-corrected chi connectivity index (χ2v) is 8.35. The molecule has 1 atom stereocenters. The molecule has 0 saturated heterocycles. The van der Waals surface area contributed by atoms with Gasteiger partial charge in [0.05, 0.1) is 10.9 Å². The van der Waals surface area contributed by atoms with Gasteiger partial charge in [0.15, 0.2) is 0 Å². The highest BCUT2D eigenvalue weighted by Gasteiger charge is 2.22. The maximum atomic E-state index is 12.6. The molecule has 27 heavy (non-hydrogen) atoms. The van der Waals surface area contributed by atoms with E-state index < -0.39 is 22.0 Å². The third-order valence-electron chi connectivity index (χ3n) is 4.14. The minimum Gasteiger partial charge on any atom is -0.351 e. The minimum atomic E-state index is -3.81. The van der Waals surface area contributed by atoms with Crippen molar-refractivity contribution in [3.05, 3.63) is 77.3 Å². The summed E-state index contributed by atoms with van der Waals surface area (Å²) in [5.41, 5.74) is 0.873. The first-order valence-corrected chi connectivity index (χ1v) is 10.2. The lowest BCUT2D eigenvalue weighted by atomic mass is 10.1. The number of amides is 1. The van der Waals surface area contributed by atoms with Gasteiger partial charge in [-0.05, 0) is 47.5 Å². The summed E-state index contributed by atoms with van der Waals surface area (Å²) in [4.78, 5) is 12.4. The molecule has 7 heteroatoms. The largest absolute Gasteiger partial charge is 0.351 e. The summed E-state index contributed by atoms with van der Waals surface area (Å²) in [5.74, 6) is -0.408. The summed E-state index contributed by atoms with van der Waals surface area (Å²) in [6.45, 7) is 1.80. The van der Waals surface area contributed by atoms with Gasteiger partial charge in [-0.1, -0.05) is 54.1 Å². The Kier molecular flexibility index (Phi) is 5.79. The topological polar surface area (TPSA) is 75.3 Å². The SMILES string of the molecule is C[C@H](NS(=O)(=O)c1ccc2ccccc2c1)C(=O)NCc1ccc(Cl)cc1. The number of hydrogen-bond acceptors (Lipinski definition) is 3. The van der Waals surface area contributed by atoms with Gasteiger partial charge >= 0.3 is 0 Å². The van der Waals surface area contributed by atoms with Gasteiger partial charge in [0, 0.05) is 11.6 Å². The van der Waals surface area contributed by atoms with Crippen LogP contribution in [-0.4, -0.2) is 20.4 Å². The first kappa shape index (κ1) is 19.4. The van der Waals surface area contributed by atoms with Crippen LogP contribution in [0.4, 0.5) is 0 Å². The van der Waals surface area contributed by atoms with E-state index in [9.17, 15) is 13.2 Å². The number of rotatable bonds is 6. The van der Waals surface area contributed by atoms with E-state index >= 15 is 0 Å². The number of fused-ring (bicyclic) bond motifs is 1. The van der Waals surface area contributed by atoms with Crippen molar-refractivity contribution in [1.82, 2.24) is 10.0 Å². The molecule has 0 saturated carbocycles. The Morgan fingerprint density at radius 1 is 1.00 bits per heavy atom. The first-order valence-electron chi connectivity index (χ1n) is 8.38. The quantitative estimate of drug-likeness (QED) is 0.662. The van der Waals surface area contributed by atoms with Gasteiger partial charge in [-0.25, -0.2) is 8.42 Å². The molecule has 0 aliphatic carbocycles. The van der Waals surface area contributed by atoms with Crippen molar-refractivity contribution in [2.24, 2.45) is 0 Å². The van der Waals surface area contributed by atoms with E-state index in [0.29, 0.717) is 5.02 Å². The minimum absolute atomic E-state index is 0.124. The van der Waals surface area contributed by atoms with E-state index in [1.54, 1.807) is 36.4 Å². The lowest BCUT2D eigenvalue weighted by Gasteiger charge is -2.15. The number of sulfonamides is 1. The van der Waals surface area contributed by atoms with Crippen LogP contribution in [0.25, 0.3) is 10.8 Å². The molecule has 0 radical (unpaired) electrons. The maximum absolute atomic E-state index is 12.6. The number of benzene rings is 3. The van der Waals surface area contributed by atoms with E-state index in [1.807, 2.05) is 24.3 Å².